The van der Waals surface area contributed by atoms with Crippen molar-refractivity contribution in [3.63, 3.8) is 0 Å². The third-order valence-corrected chi connectivity index (χ3v) is 4.20. The molecular weight excluding hydrogens is 334 g/mol. The van der Waals surface area contributed by atoms with Crippen molar-refractivity contribution in [3.05, 3.63) is 33.6 Å². The van der Waals surface area contributed by atoms with E-state index in [0.717, 1.165) is 5.69 Å². The molecule has 128 valence electrons. The Morgan fingerprint density at radius 2 is 2.17 bits per heavy atom. The molecule has 0 spiro atoms. The first-order valence-electron chi connectivity index (χ1n) is 7.39. The van der Waals surface area contributed by atoms with Gasteiger partial charge in [0.15, 0.2) is 5.82 Å². The quantitative estimate of drug-likeness (QED) is 0.820. The summed E-state index contributed by atoms with van der Waals surface area (Å²) in [5.41, 5.74) is 6.20. The second-order valence-corrected chi connectivity index (χ2v) is 6.19. The molecule has 0 radical (unpaired) electrons. The summed E-state index contributed by atoms with van der Waals surface area (Å²) in [6.45, 7) is 1.38. The van der Waals surface area contributed by atoms with Crippen LogP contribution in [-0.2, 0) is 24.4 Å². The lowest BCUT2D eigenvalue weighted by Crippen LogP contribution is -2.38. The Balaban J connectivity index is 1.87. The third-order valence-electron chi connectivity index (χ3n) is 3.91. The summed E-state index contributed by atoms with van der Waals surface area (Å²) >= 11 is 6.19. The van der Waals surface area contributed by atoms with Gasteiger partial charge in [0, 0.05) is 39.4 Å². The standard InChI is InChI=1S/C14H18ClN7O2/c1-19(2)13(23)8-22-14(24)21-4-3-20(7-12(21)18-22)10-5-11(16)17-6-9(10)15/h5-6H,3-4,7-8H2,1-2H3,(H2,16,17). The largest absolute Gasteiger partial charge is 0.384 e. The summed E-state index contributed by atoms with van der Waals surface area (Å²) in [6, 6.07) is 1.70. The Bertz CT molecular complexity index is 842. The molecule has 0 atom stereocenters. The van der Waals surface area contributed by atoms with Gasteiger partial charge in [-0.15, -0.1) is 0 Å². The number of likely N-dealkylation sites (N-methyl/N-ethyl adjacent to an activating group) is 1. The Labute approximate surface area is 143 Å². The number of aromatic nitrogens is 4. The monoisotopic (exact) mass is 351 g/mol. The first kappa shape index (κ1) is 16.3. The van der Waals surface area contributed by atoms with Crippen molar-refractivity contribution >= 4 is 29.0 Å². The molecule has 2 N–H and O–H groups in total. The molecule has 1 aliphatic rings. The number of nitrogen functional groups attached to an aromatic ring is 1. The van der Waals surface area contributed by atoms with E-state index in [9.17, 15) is 9.59 Å². The molecule has 24 heavy (non-hydrogen) atoms. The number of nitrogens with two attached hydrogens (primary N) is 1. The normalized spacial score (nSPS) is 13.7. The second kappa shape index (κ2) is 6.16. The van der Waals surface area contributed by atoms with Crippen LogP contribution in [0.3, 0.4) is 0 Å². The van der Waals surface area contributed by atoms with E-state index in [4.69, 9.17) is 17.3 Å². The van der Waals surface area contributed by atoms with Gasteiger partial charge >= 0.3 is 5.69 Å². The topological polar surface area (TPSA) is 102 Å². The van der Waals surface area contributed by atoms with Gasteiger partial charge in [-0.25, -0.2) is 14.5 Å². The van der Waals surface area contributed by atoms with Gasteiger partial charge in [-0.05, 0) is 0 Å². The number of halogens is 1. The van der Waals surface area contributed by atoms with Gasteiger partial charge < -0.3 is 15.5 Å². The zero-order valence-electron chi connectivity index (χ0n) is 13.4. The number of amides is 1. The molecule has 0 saturated heterocycles. The lowest BCUT2D eigenvalue weighted by Gasteiger charge is -2.29. The van der Waals surface area contributed by atoms with Crippen molar-refractivity contribution < 1.29 is 4.79 Å². The molecule has 0 unspecified atom stereocenters. The van der Waals surface area contributed by atoms with Crippen molar-refractivity contribution in [3.8, 4) is 0 Å². The van der Waals surface area contributed by atoms with Crippen molar-refractivity contribution in [2.24, 2.45) is 0 Å². The highest BCUT2D eigenvalue weighted by atomic mass is 35.5. The number of nitrogens with zero attached hydrogens (tertiary/aromatic N) is 6. The third kappa shape index (κ3) is 2.94. The van der Waals surface area contributed by atoms with Crippen LogP contribution in [0, 0.1) is 0 Å². The van der Waals surface area contributed by atoms with Crippen LogP contribution in [0.2, 0.25) is 5.02 Å². The second-order valence-electron chi connectivity index (χ2n) is 5.78. The maximum Gasteiger partial charge on any atom is 0.346 e. The van der Waals surface area contributed by atoms with Crippen LogP contribution in [0.25, 0.3) is 0 Å². The number of anilines is 2. The number of hydrogen-bond donors (Lipinski definition) is 1. The van der Waals surface area contributed by atoms with Crippen LogP contribution in [0.15, 0.2) is 17.1 Å². The summed E-state index contributed by atoms with van der Waals surface area (Å²) in [5, 5.41) is 4.78. The molecule has 0 bridgehead atoms. The molecule has 9 nitrogen and oxygen atoms in total. The maximum atomic E-state index is 12.4. The Morgan fingerprint density at radius 3 is 2.88 bits per heavy atom. The summed E-state index contributed by atoms with van der Waals surface area (Å²) in [7, 11) is 3.28. The van der Waals surface area contributed by atoms with Crippen molar-refractivity contribution in [2.45, 2.75) is 19.6 Å². The van der Waals surface area contributed by atoms with Crippen molar-refractivity contribution in [1.82, 2.24) is 24.2 Å². The summed E-state index contributed by atoms with van der Waals surface area (Å²) in [5.74, 6) is 0.776. The lowest BCUT2D eigenvalue weighted by molar-refractivity contribution is -0.129. The molecular formula is C14H18ClN7O2. The highest BCUT2D eigenvalue weighted by molar-refractivity contribution is 6.33. The molecule has 0 saturated carbocycles. The van der Waals surface area contributed by atoms with Gasteiger partial charge in [-0.2, -0.15) is 5.10 Å². The summed E-state index contributed by atoms with van der Waals surface area (Å²) < 4.78 is 2.78. The van der Waals surface area contributed by atoms with Gasteiger partial charge in [0.2, 0.25) is 5.91 Å². The minimum Gasteiger partial charge on any atom is -0.384 e. The van der Waals surface area contributed by atoms with E-state index in [2.05, 4.69) is 10.1 Å². The molecule has 0 aliphatic carbocycles. The van der Waals surface area contributed by atoms with Gasteiger partial charge in [0.25, 0.3) is 0 Å². The van der Waals surface area contributed by atoms with E-state index in [1.165, 1.54) is 15.8 Å². The van der Waals surface area contributed by atoms with Crippen LogP contribution < -0.4 is 16.3 Å². The van der Waals surface area contributed by atoms with Gasteiger partial charge in [-0.1, -0.05) is 11.6 Å². The van der Waals surface area contributed by atoms with Crippen LogP contribution in [0.1, 0.15) is 5.82 Å². The van der Waals surface area contributed by atoms with Crippen LogP contribution in [-0.4, -0.2) is 50.8 Å². The molecule has 2 aromatic rings. The summed E-state index contributed by atoms with van der Waals surface area (Å²) in [6.07, 6.45) is 1.50. The highest BCUT2D eigenvalue weighted by Crippen LogP contribution is 2.28. The molecule has 0 fully saturated rings. The van der Waals surface area contributed by atoms with Crippen LogP contribution >= 0.6 is 11.6 Å². The molecule has 1 amide bonds. The maximum absolute atomic E-state index is 12.4. The van der Waals surface area contributed by atoms with Crippen LogP contribution in [0.4, 0.5) is 11.5 Å². The molecule has 3 rings (SSSR count). The SMILES string of the molecule is CN(C)C(=O)Cn1nc2n(c1=O)CCN(c1cc(N)ncc1Cl)C2. The lowest BCUT2D eigenvalue weighted by atomic mass is 10.3. The fraction of sp³-hybridized carbons (Fsp3) is 0.429. The first-order chi connectivity index (χ1) is 11.4. The van der Waals surface area contributed by atoms with Crippen LogP contribution in [0.5, 0.6) is 0 Å². The molecule has 10 heteroatoms. The minimum absolute atomic E-state index is 0.0746. The number of rotatable bonds is 3. The van der Waals surface area contributed by atoms with Crippen molar-refractivity contribution in [1.29, 1.82) is 0 Å². The van der Waals surface area contributed by atoms with E-state index in [0.29, 0.717) is 36.3 Å². The zero-order chi connectivity index (χ0) is 17.4. The molecule has 0 aromatic carbocycles. The predicted octanol–water partition coefficient (Wildman–Crippen LogP) is -0.216. The fourth-order valence-corrected chi connectivity index (χ4v) is 2.78. The molecule has 2 aromatic heterocycles. The Morgan fingerprint density at radius 1 is 1.42 bits per heavy atom. The summed E-state index contributed by atoms with van der Waals surface area (Å²) in [4.78, 5) is 31.5. The van der Waals surface area contributed by atoms with Gasteiger partial charge in [0.1, 0.15) is 12.4 Å². The van der Waals surface area contributed by atoms with E-state index in [1.807, 2.05) is 4.90 Å². The van der Waals surface area contributed by atoms with Gasteiger partial charge in [0.05, 0.1) is 17.3 Å². The van der Waals surface area contributed by atoms with E-state index in [-0.39, 0.29) is 18.1 Å². The number of carbonyl (C=O) groups excluding carboxylic acids is 1. The Hall–Kier alpha value is -2.55. The molecule has 3 heterocycles. The van der Waals surface area contributed by atoms with Crippen molar-refractivity contribution in [2.75, 3.05) is 31.3 Å². The minimum atomic E-state index is -0.278. The molecule has 1 aliphatic heterocycles. The van der Waals surface area contributed by atoms with E-state index < -0.39 is 0 Å². The smallest absolute Gasteiger partial charge is 0.346 e. The number of pyridine rings is 1. The fourth-order valence-electron chi connectivity index (χ4n) is 2.56. The average Bonchev–Trinajstić information content (AvgIpc) is 2.85. The highest BCUT2D eigenvalue weighted by Gasteiger charge is 2.24. The van der Waals surface area contributed by atoms with E-state index >= 15 is 0 Å². The van der Waals surface area contributed by atoms with Gasteiger partial charge in [-0.3, -0.25) is 9.36 Å². The number of carbonyl (C=O) groups is 1. The predicted molar refractivity (Wildman–Crippen MR) is 89.9 cm³/mol. The average molecular weight is 352 g/mol. The van der Waals surface area contributed by atoms with E-state index in [1.54, 1.807) is 24.7 Å². The Kier molecular flexibility index (Phi) is 4.18. The number of fused-ring (bicyclic) bond motifs is 1. The first-order valence-corrected chi connectivity index (χ1v) is 7.77. The zero-order valence-corrected chi connectivity index (χ0v) is 14.2. The number of hydrogen-bond acceptors (Lipinski definition) is 6.